The number of carbonyl (C=O) groups is 1. The third-order valence-electron chi connectivity index (χ3n) is 6.49. The summed E-state index contributed by atoms with van der Waals surface area (Å²) in [4.78, 5) is 12.2. The van der Waals surface area contributed by atoms with Crippen LogP contribution in [0.15, 0.2) is 82.3 Å². The van der Waals surface area contributed by atoms with Crippen LogP contribution in [0.4, 0.5) is 13.2 Å². The third-order valence-corrected chi connectivity index (χ3v) is 8.28. The van der Waals surface area contributed by atoms with Gasteiger partial charge in [-0.2, -0.15) is 21.6 Å². The first-order chi connectivity index (χ1) is 19.1. The number of aromatic nitrogens is 1. The van der Waals surface area contributed by atoms with Gasteiger partial charge >= 0.3 is 16.3 Å². The van der Waals surface area contributed by atoms with Gasteiger partial charge in [0.15, 0.2) is 11.5 Å². The minimum Gasteiger partial charge on any atom is -0.482 e. The fraction of sp³-hybridized carbons (Fsp3) is 0.167. The molecule has 0 N–H and O–H groups in total. The molecule has 0 saturated carbocycles. The molecule has 1 aliphatic heterocycles. The number of fused-ring (bicyclic) bond motifs is 2. The van der Waals surface area contributed by atoms with Gasteiger partial charge in [-0.15, -0.1) is 0 Å². The van der Waals surface area contributed by atoms with Crippen molar-refractivity contribution in [1.29, 1.82) is 0 Å². The number of aryl methyl sites for hydroxylation is 1. The Morgan fingerprint density at radius 3 is 2.56 bits per heavy atom. The molecule has 1 aliphatic rings. The van der Waals surface area contributed by atoms with Crippen molar-refractivity contribution >= 4 is 54.9 Å². The molecule has 1 aromatic heterocycles. The van der Waals surface area contributed by atoms with E-state index in [4.69, 9.17) is 8.92 Å². The number of ether oxygens (including phenoxy) is 1. The van der Waals surface area contributed by atoms with Gasteiger partial charge in [0.25, 0.3) is 0 Å². The van der Waals surface area contributed by atoms with E-state index in [1.54, 1.807) is 26.0 Å². The lowest BCUT2D eigenvalue weighted by molar-refractivity contribution is -0.140. The number of benzene rings is 3. The van der Waals surface area contributed by atoms with Crippen LogP contribution in [0.1, 0.15) is 40.9 Å². The molecular weight excluding hydrogens is 623 g/mol. The number of carbonyl (C=O) groups excluding carboxylic acids is 1. The van der Waals surface area contributed by atoms with Crippen molar-refractivity contribution in [2.75, 3.05) is 0 Å². The van der Waals surface area contributed by atoms with Gasteiger partial charge in [0.1, 0.15) is 16.2 Å². The molecule has 2 heterocycles. The van der Waals surface area contributed by atoms with E-state index in [1.165, 1.54) is 30.4 Å². The van der Waals surface area contributed by atoms with E-state index in [1.807, 2.05) is 42.1 Å². The zero-order chi connectivity index (χ0) is 29.7. The second-order valence-electron chi connectivity index (χ2n) is 10.0. The number of hydrogen-bond donors (Lipinski definition) is 0. The average Bonchev–Trinajstić information content (AvgIpc) is 3.25. The van der Waals surface area contributed by atoms with Gasteiger partial charge in [0, 0.05) is 28.6 Å². The zero-order valence-electron chi connectivity index (χ0n) is 22.0. The normalized spacial score (nSPS) is 14.7. The lowest BCUT2D eigenvalue weighted by atomic mass is 9.97. The Morgan fingerprint density at radius 1 is 1.07 bits per heavy atom. The molecule has 0 atom stereocenters. The summed E-state index contributed by atoms with van der Waals surface area (Å²) in [6.45, 7) is 3.49. The molecular formula is C30H23BrF3NO5S. The van der Waals surface area contributed by atoms with Crippen LogP contribution in [-0.4, -0.2) is 24.4 Å². The summed E-state index contributed by atoms with van der Waals surface area (Å²) >= 11 is 2.94. The molecule has 6 nitrogen and oxygen atoms in total. The Kier molecular flexibility index (Phi) is 7.15. The molecule has 0 aliphatic carbocycles. The number of allylic oxidation sites excluding steroid dienone is 1. The maximum absolute atomic E-state index is 13.7. The smallest absolute Gasteiger partial charge is 0.417 e. The molecule has 11 heteroatoms. The first kappa shape index (κ1) is 28.7. The van der Waals surface area contributed by atoms with E-state index >= 15 is 0 Å². The number of ketones is 1. The summed E-state index contributed by atoms with van der Waals surface area (Å²) in [7, 11) is -2.99. The monoisotopic (exact) mass is 645 g/mol. The van der Waals surface area contributed by atoms with Crippen LogP contribution in [0, 0.1) is 0 Å². The van der Waals surface area contributed by atoms with E-state index in [0.29, 0.717) is 6.07 Å². The average molecular weight is 646 g/mol. The first-order valence-corrected chi connectivity index (χ1v) is 14.5. The van der Waals surface area contributed by atoms with Gasteiger partial charge in [-0.3, -0.25) is 4.79 Å². The van der Waals surface area contributed by atoms with Crippen molar-refractivity contribution in [3.8, 4) is 11.5 Å². The molecule has 0 fully saturated rings. The number of rotatable bonds is 6. The standard InChI is InChI=1S/C30H23BrF3NO5S/c1-29(2)14-12-22-26(40-41(37,38)27-11-6-20(31)17-23(27)30(32,33)34)10-7-21(28(22)39-29)25(36)9-5-18-4-8-24-19(16-18)13-15-35(24)3/h4-17H,1-3H3/b9-5+. The summed E-state index contributed by atoms with van der Waals surface area (Å²) in [6.07, 6.45) is 3.19. The minimum atomic E-state index is -4.95. The van der Waals surface area contributed by atoms with E-state index < -0.39 is 38.1 Å². The molecule has 0 unspecified atom stereocenters. The summed E-state index contributed by atoms with van der Waals surface area (Å²) in [5, 5.41) is 1.01. The van der Waals surface area contributed by atoms with Gasteiger partial charge in [-0.1, -0.05) is 28.1 Å². The Balaban J connectivity index is 1.52. The number of alkyl halides is 3. The lowest BCUT2D eigenvalue weighted by Crippen LogP contribution is -2.29. The van der Waals surface area contributed by atoms with Crippen molar-refractivity contribution < 1.29 is 35.3 Å². The van der Waals surface area contributed by atoms with Crippen molar-refractivity contribution in [1.82, 2.24) is 4.57 Å². The van der Waals surface area contributed by atoms with E-state index in [9.17, 15) is 26.4 Å². The van der Waals surface area contributed by atoms with E-state index in [-0.39, 0.29) is 27.1 Å². The van der Waals surface area contributed by atoms with Gasteiger partial charge in [0.2, 0.25) is 0 Å². The molecule has 0 radical (unpaired) electrons. The quantitative estimate of drug-likeness (QED) is 0.121. The Labute approximate surface area is 242 Å². The van der Waals surface area contributed by atoms with Crippen molar-refractivity contribution in [2.24, 2.45) is 7.05 Å². The third kappa shape index (κ3) is 5.82. The minimum absolute atomic E-state index is 0.0549. The van der Waals surface area contributed by atoms with Crippen LogP contribution in [-0.2, 0) is 23.3 Å². The van der Waals surface area contributed by atoms with Gasteiger partial charge in [-0.25, -0.2) is 0 Å². The first-order valence-electron chi connectivity index (χ1n) is 12.3. The van der Waals surface area contributed by atoms with E-state index in [0.717, 1.165) is 22.5 Å². The fourth-order valence-electron chi connectivity index (χ4n) is 4.47. The van der Waals surface area contributed by atoms with E-state index in [2.05, 4.69) is 15.9 Å². The number of halogens is 4. The van der Waals surface area contributed by atoms with Crippen LogP contribution in [0.25, 0.3) is 23.1 Å². The molecule has 212 valence electrons. The Hall–Kier alpha value is -3.83. The van der Waals surface area contributed by atoms with Gasteiger partial charge in [-0.05, 0) is 86.2 Å². The fourth-order valence-corrected chi connectivity index (χ4v) is 5.98. The maximum atomic E-state index is 13.7. The van der Waals surface area contributed by atoms with Crippen LogP contribution in [0.3, 0.4) is 0 Å². The molecule has 5 rings (SSSR count). The van der Waals surface area contributed by atoms with Crippen LogP contribution in [0.2, 0.25) is 0 Å². The summed E-state index contributed by atoms with van der Waals surface area (Å²) in [5.41, 5.74) is -0.132. The summed E-state index contributed by atoms with van der Waals surface area (Å²) in [5.74, 6) is -0.634. The predicted molar refractivity (Wildman–Crippen MR) is 153 cm³/mol. The second-order valence-corrected chi connectivity index (χ2v) is 12.4. The van der Waals surface area contributed by atoms with Crippen molar-refractivity contribution in [3.63, 3.8) is 0 Å². The molecule has 0 bridgehead atoms. The second kappa shape index (κ2) is 10.2. The molecule has 41 heavy (non-hydrogen) atoms. The largest absolute Gasteiger partial charge is 0.482 e. The molecule has 3 aromatic carbocycles. The van der Waals surface area contributed by atoms with Gasteiger partial charge < -0.3 is 13.5 Å². The van der Waals surface area contributed by atoms with Crippen molar-refractivity contribution in [3.05, 3.63) is 99.7 Å². The van der Waals surface area contributed by atoms with Crippen LogP contribution < -0.4 is 8.92 Å². The highest BCUT2D eigenvalue weighted by atomic mass is 79.9. The molecule has 0 spiro atoms. The molecule has 4 aromatic rings. The maximum Gasteiger partial charge on any atom is 0.417 e. The highest BCUT2D eigenvalue weighted by molar-refractivity contribution is 9.10. The topological polar surface area (TPSA) is 74.6 Å². The molecule has 0 saturated heterocycles. The Bertz CT molecular complexity index is 1870. The summed E-state index contributed by atoms with van der Waals surface area (Å²) < 4.78 is 80.4. The SMILES string of the molecule is Cn1ccc2cc(/C=C/C(=O)c3ccc(OS(=O)(=O)c4ccc(Br)cc4C(F)(F)F)c4c3OC(C)(C)C=C4)ccc21. The zero-order valence-corrected chi connectivity index (χ0v) is 24.4. The Morgan fingerprint density at radius 2 is 1.83 bits per heavy atom. The highest BCUT2D eigenvalue weighted by Gasteiger charge is 2.39. The van der Waals surface area contributed by atoms with Crippen LogP contribution >= 0.6 is 15.9 Å². The summed E-state index contributed by atoms with van der Waals surface area (Å²) in [6, 6.07) is 12.9. The van der Waals surface area contributed by atoms with Crippen molar-refractivity contribution in [2.45, 2.75) is 30.5 Å². The predicted octanol–water partition coefficient (Wildman–Crippen LogP) is 7.81. The lowest BCUT2D eigenvalue weighted by Gasteiger charge is -2.30. The van der Waals surface area contributed by atoms with Gasteiger partial charge in [0.05, 0.1) is 16.7 Å². The van der Waals surface area contributed by atoms with Crippen LogP contribution in [0.5, 0.6) is 11.5 Å². The number of hydrogen-bond acceptors (Lipinski definition) is 5. The highest BCUT2D eigenvalue weighted by Crippen LogP contribution is 2.42. The number of nitrogens with zero attached hydrogens (tertiary/aromatic N) is 1. The molecule has 0 amide bonds.